The summed E-state index contributed by atoms with van der Waals surface area (Å²) in [5.74, 6) is 0.874. The first-order valence-corrected chi connectivity index (χ1v) is 8.06. The van der Waals surface area contributed by atoms with Crippen LogP contribution in [0.2, 0.25) is 0 Å². The highest BCUT2D eigenvalue weighted by Crippen LogP contribution is 2.44. The van der Waals surface area contributed by atoms with Gasteiger partial charge in [-0.3, -0.25) is 0 Å². The summed E-state index contributed by atoms with van der Waals surface area (Å²) >= 11 is 0. The molecule has 3 aromatic rings. The lowest BCUT2D eigenvalue weighted by Crippen LogP contribution is -2.17. The molecular weight excluding hydrogens is 294 g/mol. The molecule has 0 atom stereocenters. The Morgan fingerprint density at radius 3 is 2.04 bits per heavy atom. The van der Waals surface area contributed by atoms with Gasteiger partial charge < -0.3 is 9.64 Å². The van der Waals surface area contributed by atoms with Gasteiger partial charge in [-0.2, -0.15) is 0 Å². The van der Waals surface area contributed by atoms with Crippen LogP contribution in [0.4, 0.5) is 11.4 Å². The van der Waals surface area contributed by atoms with Crippen molar-refractivity contribution in [2.24, 2.45) is 0 Å². The SMILES string of the molecule is COc1cccc(C=C2c3ccccc3N(C)c3ccccc32)c1. The molecule has 1 aliphatic heterocycles. The molecular formula is C22H19NO. The van der Waals surface area contributed by atoms with Crippen LogP contribution in [0.25, 0.3) is 11.6 Å². The Morgan fingerprint density at radius 2 is 1.42 bits per heavy atom. The minimum atomic E-state index is 0.874. The van der Waals surface area contributed by atoms with Crippen molar-refractivity contribution in [3.63, 3.8) is 0 Å². The summed E-state index contributed by atoms with van der Waals surface area (Å²) in [6, 6.07) is 25.3. The fourth-order valence-corrected chi connectivity index (χ4v) is 3.32. The van der Waals surface area contributed by atoms with Crippen LogP contribution in [0.1, 0.15) is 16.7 Å². The number of methoxy groups -OCH3 is 1. The van der Waals surface area contributed by atoms with Crippen LogP contribution in [0.15, 0.2) is 72.8 Å². The van der Waals surface area contributed by atoms with Crippen molar-refractivity contribution in [2.45, 2.75) is 0 Å². The van der Waals surface area contributed by atoms with Crippen molar-refractivity contribution >= 4 is 23.0 Å². The summed E-state index contributed by atoms with van der Waals surface area (Å²) in [6.07, 6.45) is 2.24. The number of rotatable bonds is 2. The van der Waals surface area contributed by atoms with Crippen molar-refractivity contribution in [1.82, 2.24) is 0 Å². The highest BCUT2D eigenvalue weighted by Gasteiger charge is 2.23. The second kappa shape index (κ2) is 5.89. The van der Waals surface area contributed by atoms with E-state index in [9.17, 15) is 0 Å². The zero-order valence-corrected chi connectivity index (χ0v) is 13.9. The first kappa shape index (κ1) is 14.6. The van der Waals surface area contributed by atoms with Crippen LogP contribution in [0.5, 0.6) is 5.75 Å². The standard InChI is InChI=1S/C22H19NO/c1-23-21-12-5-3-10-18(21)20(19-11-4-6-13-22(19)23)15-16-8-7-9-17(14-16)24-2/h3-15H,1-2H3. The predicted molar refractivity (Wildman–Crippen MR) is 101 cm³/mol. The first-order valence-electron chi connectivity index (χ1n) is 8.06. The molecule has 0 aliphatic carbocycles. The van der Waals surface area contributed by atoms with Crippen LogP contribution in [-0.2, 0) is 0 Å². The number of ether oxygens (including phenoxy) is 1. The Hall–Kier alpha value is -3.00. The molecule has 0 fully saturated rings. The van der Waals surface area contributed by atoms with E-state index in [1.807, 2.05) is 12.1 Å². The van der Waals surface area contributed by atoms with Gasteiger partial charge >= 0.3 is 0 Å². The fourth-order valence-electron chi connectivity index (χ4n) is 3.32. The average molecular weight is 313 g/mol. The molecule has 0 N–H and O–H groups in total. The zero-order valence-electron chi connectivity index (χ0n) is 13.9. The summed E-state index contributed by atoms with van der Waals surface area (Å²) in [4.78, 5) is 2.26. The van der Waals surface area contributed by atoms with Gasteiger partial charge in [0.25, 0.3) is 0 Å². The molecule has 0 bridgehead atoms. The molecule has 2 nitrogen and oxygen atoms in total. The quantitative estimate of drug-likeness (QED) is 0.631. The molecule has 1 aliphatic rings. The lowest BCUT2D eigenvalue weighted by molar-refractivity contribution is 0.414. The van der Waals surface area contributed by atoms with Gasteiger partial charge in [-0.25, -0.2) is 0 Å². The average Bonchev–Trinajstić information content (AvgIpc) is 2.65. The highest BCUT2D eigenvalue weighted by atomic mass is 16.5. The summed E-state index contributed by atoms with van der Waals surface area (Å²) in [6.45, 7) is 0. The van der Waals surface area contributed by atoms with Crippen LogP contribution in [0.3, 0.4) is 0 Å². The van der Waals surface area contributed by atoms with E-state index < -0.39 is 0 Å². The predicted octanol–water partition coefficient (Wildman–Crippen LogP) is 5.37. The monoisotopic (exact) mass is 313 g/mol. The van der Waals surface area contributed by atoms with Crippen LogP contribution < -0.4 is 9.64 Å². The van der Waals surface area contributed by atoms with Crippen molar-refractivity contribution in [2.75, 3.05) is 19.1 Å². The molecule has 0 spiro atoms. The molecule has 0 saturated carbocycles. The van der Waals surface area contributed by atoms with E-state index in [0.717, 1.165) is 11.3 Å². The van der Waals surface area contributed by atoms with Gasteiger partial charge in [-0.05, 0) is 41.5 Å². The summed E-state index contributed by atoms with van der Waals surface area (Å²) < 4.78 is 5.36. The second-order valence-corrected chi connectivity index (χ2v) is 5.93. The Morgan fingerprint density at radius 1 is 0.792 bits per heavy atom. The second-order valence-electron chi connectivity index (χ2n) is 5.93. The lowest BCUT2D eigenvalue weighted by atomic mass is 9.89. The van der Waals surface area contributed by atoms with Crippen LogP contribution in [0, 0.1) is 0 Å². The van der Waals surface area contributed by atoms with E-state index >= 15 is 0 Å². The first-order chi connectivity index (χ1) is 11.8. The normalized spacial score (nSPS) is 12.4. The number of hydrogen-bond acceptors (Lipinski definition) is 2. The van der Waals surface area contributed by atoms with Gasteiger partial charge in [0.15, 0.2) is 0 Å². The smallest absolute Gasteiger partial charge is 0.119 e. The minimum absolute atomic E-state index is 0.874. The van der Waals surface area contributed by atoms with Crippen molar-refractivity contribution in [3.8, 4) is 5.75 Å². The van der Waals surface area contributed by atoms with Crippen molar-refractivity contribution < 1.29 is 4.74 Å². The van der Waals surface area contributed by atoms with Gasteiger partial charge in [-0.1, -0.05) is 48.5 Å². The van der Waals surface area contributed by atoms with Crippen molar-refractivity contribution in [1.29, 1.82) is 0 Å². The van der Waals surface area contributed by atoms with Crippen molar-refractivity contribution in [3.05, 3.63) is 89.5 Å². The molecule has 0 aromatic heterocycles. The third-order valence-electron chi connectivity index (χ3n) is 4.52. The highest BCUT2D eigenvalue weighted by molar-refractivity contribution is 6.03. The maximum absolute atomic E-state index is 5.36. The summed E-state index contributed by atoms with van der Waals surface area (Å²) in [5, 5.41) is 0. The number of anilines is 2. The van der Waals surface area contributed by atoms with Gasteiger partial charge in [-0.15, -0.1) is 0 Å². The van der Waals surface area contributed by atoms with Crippen LogP contribution in [-0.4, -0.2) is 14.2 Å². The molecule has 2 heteroatoms. The molecule has 1 heterocycles. The van der Waals surface area contributed by atoms with E-state index in [4.69, 9.17) is 4.74 Å². The minimum Gasteiger partial charge on any atom is -0.497 e. The topological polar surface area (TPSA) is 12.5 Å². The number of nitrogens with zero attached hydrogens (tertiary/aromatic N) is 1. The molecule has 0 saturated heterocycles. The van der Waals surface area contributed by atoms with Crippen LogP contribution >= 0.6 is 0 Å². The number of para-hydroxylation sites is 2. The third kappa shape index (κ3) is 2.37. The maximum Gasteiger partial charge on any atom is 0.119 e. The number of hydrogen-bond donors (Lipinski definition) is 0. The van der Waals surface area contributed by atoms with E-state index in [1.165, 1.54) is 28.1 Å². The molecule has 0 radical (unpaired) electrons. The third-order valence-corrected chi connectivity index (χ3v) is 4.52. The number of fused-ring (bicyclic) bond motifs is 2. The Bertz CT molecular complexity index is 877. The van der Waals surface area contributed by atoms with E-state index in [2.05, 4.69) is 78.7 Å². The lowest BCUT2D eigenvalue weighted by Gasteiger charge is -2.31. The molecule has 24 heavy (non-hydrogen) atoms. The zero-order chi connectivity index (χ0) is 16.5. The largest absolute Gasteiger partial charge is 0.497 e. The summed E-state index contributed by atoms with van der Waals surface area (Å²) in [7, 11) is 3.83. The number of benzene rings is 3. The Labute approximate surface area is 142 Å². The maximum atomic E-state index is 5.36. The molecule has 0 amide bonds. The van der Waals surface area contributed by atoms with E-state index in [-0.39, 0.29) is 0 Å². The van der Waals surface area contributed by atoms with Gasteiger partial charge in [0.05, 0.1) is 7.11 Å². The fraction of sp³-hybridized carbons (Fsp3) is 0.0909. The molecule has 4 rings (SSSR count). The summed E-state index contributed by atoms with van der Waals surface area (Å²) in [5.41, 5.74) is 7.34. The Kier molecular flexibility index (Phi) is 3.58. The molecule has 118 valence electrons. The van der Waals surface area contributed by atoms with Gasteiger partial charge in [0.2, 0.25) is 0 Å². The molecule has 3 aromatic carbocycles. The Balaban J connectivity index is 1.95. The van der Waals surface area contributed by atoms with E-state index in [1.54, 1.807) is 7.11 Å². The van der Waals surface area contributed by atoms with Gasteiger partial charge in [0, 0.05) is 29.5 Å². The van der Waals surface area contributed by atoms with Gasteiger partial charge in [0.1, 0.15) is 5.75 Å². The van der Waals surface area contributed by atoms with E-state index in [0.29, 0.717) is 0 Å². The molecule has 0 unspecified atom stereocenters.